The van der Waals surface area contributed by atoms with Crippen molar-refractivity contribution in [3.8, 4) is 0 Å². The minimum Gasteiger partial charge on any atom is -0.398 e. The molecule has 0 saturated carbocycles. The van der Waals surface area contributed by atoms with Crippen molar-refractivity contribution >= 4 is 44.3 Å². The number of nitro benzene ring substituents is 1. The maximum absolute atomic E-state index is 10.9. The molecule has 5 nitrogen and oxygen atoms in total. The van der Waals surface area contributed by atoms with Crippen molar-refractivity contribution in [2.45, 2.75) is 13.5 Å². The summed E-state index contributed by atoms with van der Waals surface area (Å²) in [6.07, 6.45) is 0. The maximum Gasteiger partial charge on any atom is 0.274 e. The molecular formula is C12H12BrN3O2S. The second-order valence-corrected chi connectivity index (χ2v) is 5.88. The van der Waals surface area contributed by atoms with Crippen LogP contribution < -0.4 is 11.1 Å². The smallest absolute Gasteiger partial charge is 0.274 e. The average Bonchev–Trinajstić information content (AvgIpc) is 2.73. The fourth-order valence-corrected chi connectivity index (χ4v) is 3.00. The Morgan fingerprint density at radius 3 is 2.84 bits per heavy atom. The predicted molar refractivity (Wildman–Crippen MR) is 81.6 cm³/mol. The number of hydrogen-bond donors (Lipinski definition) is 2. The average molecular weight is 342 g/mol. The highest BCUT2D eigenvalue weighted by Gasteiger charge is 2.14. The number of anilines is 2. The molecule has 3 N–H and O–H groups in total. The topological polar surface area (TPSA) is 81.2 Å². The maximum atomic E-state index is 10.9. The van der Waals surface area contributed by atoms with E-state index in [2.05, 4.69) is 21.2 Å². The minimum absolute atomic E-state index is 0.102. The van der Waals surface area contributed by atoms with E-state index in [0.29, 0.717) is 17.8 Å². The Bertz CT molecular complexity index is 627. The van der Waals surface area contributed by atoms with Crippen molar-refractivity contribution in [2.75, 3.05) is 11.1 Å². The lowest BCUT2D eigenvalue weighted by Gasteiger charge is -2.09. The third-order valence-corrected chi connectivity index (χ3v) is 4.29. The first-order valence-corrected chi connectivity index (χ1v) is 7.16. The van der Waals surface area contributed by atoms with Gasteiger partial charge in [0.15, 0.2) is 0 Å². The number of nitrogen functional groups attached to an aromatic ring is 1. The molecule has 0 atom stereocenters. The van der Waals surface area contributed by atoms with E-state index in [1.54, 1.807) is 24.3 Å². The van der Waals surface area contributed by atoms with E-state index < -0.39 is 0 Å². The molecule has 0 aliphatic heterocycles. The van der Waals surface area contributed by atoms with Crippen LogP contribution in [0, 0.1) is 17.0 Å². The number of benzene rings is 1. The van der Waals surface area contributed by atoms with Gasteiger partial charge in [-0.05, 0) is 40.4 Å². The Hall–Kier alpha value is -1.60. The van der Waals surface area contributed by atoms with Crippen molar-refractivity contribution in [2.24, 2.45) is 0 Å². The van der Waals surface area contributed by atoms with E-state index in [4.69, 9.17) is 5.73 Å². The van der Waals surface area contributed by atoms with Gasteiger partial charge in [0.2, 0.25) is 0 Å². The molecule has 0 unspecified atom stereocenters. The highest BCUT2D eigenvalue weighted by Crippen LogP contribution is 2.31. The van der Waals surface area contributed by atoms with Crippen molar-refractivity contribution in [1.82, 2.24) is 0 Å². The van der Waals surface area contributed by atoms with Gasteiger partial charge in [-0.1, -0.05) is 0 Å². The van der Waals surface area contributed by atoms with E-state index in [-0.39, 0.29) is 10.6 Å². The molecule has 0 aliphatic carbocycles. The molecule has 0 amide bonds. The van der Waals surface area contributed by atoms with Crippen LogP contribution >= 0.6 is 27.3 Å². The Labute approximate surface area is 122 Å². The molecule has 2 aromatic rings. The van der Waals surface area contributed by atoms with Gasteiger partial charge >= 0.3 is 0 Å². The highest BCUT2D eigenvalue weighted by molar-refractivity contribution is 9.10. The standard InChI is InChI=1S/C12H12BrN3O2S/c1-7-4-8(13)10(5-11(7)16(17)18)15-6-12-9(14)2-3-19-12/h2-5,15H,6,14H2,1H3. The van der Waals surface area contributed by atoms with Gasteiger partial charge in [-0.25, -0.2) is 0 Å². The van der Waals surface area contributed by atoms with Gasteiger partial charge in [0, 0.05) is 26.7 Å². The first kappa shape index (κ1) is 13.8. The molecular weight excluding hydrogens is 330 g/mol. The Balaban J connectivity index is 2.23. The summed E-state index contributed by atoms with van der Waals surface area (Å²) < 4.78 is 0.797. The molecule has 0 bridgehead atoms. The summed E-state index contributed by atoms with van der Waals surface area (Å²) >= 11 is 4.95. The van der Waals surface area contributed by atoms with Crippen LogP contribution in [0.2, 0.25) is 0 Å². The number of rotatable bonds is 4. The normalized spacial score (nSPS) is 10.4. The zero-order valence-corrected chi connectivity index (χ0v) is 12.5. The summed E-state index contributed by atoms with van der Waals surface area (Å²) in [6, 6.07) is 5.11. The SMILES string of the molecule is Cc1cc(Br)c(NCc2sccc2N)cc1[N+](=O)[O-]. The molecule has 1 aromatic carbocycles. The van der Waals surface area contributed by atoms with Crippen LogP contribution in [0.3, 0.4) is 0 Å². The zero-order valence-electron chi connectivity index (χ0n) is 10.1. The van der Waals surface area contributed by atoms with Gasteiger partial charge in [-0.3, -0.25) is 10.1 Å². The Kier molecular flexibility index (Phi) is 4.06. The molecule has 19 heavy (non-hydrogen) atoms. The first-order valence-electron chi connectivity index (χ1n) is 5.49. The lowest BCUT2D eigenvalue weighted by atomic mass is 10.2. The van der Waals surface area contributed by atoms with E-state index in [1.165, 1.54) is 6.07 Å². The summed E-state index contributed by atoms with van der Waals surface area (Å²) in [5.74, 6) is 0. The number of aryl methyl sites for hydroxylation is 1. The predicted octanol–water partition coefficient (Wildman–Crippen LogP) is 3.92. The van der Waals surface area contributed by atoms with Gasteiger partial charge in [-0.2, -0.15) is 0 Å². The van der Waals surface area contributed by atoms with Gasteiger partial charge in [0.05, 0.1) is 17.2 Å². The summed E-state index contributed by atoms with van der Waals surface area (Å²) in [4.78, 5) is 11.5. The van der Waals surface area contributed by atoms with Crippen LogP contribution in [0.25, 0.3) is 0 Å². The van der Waals surface area contributed by atoms with E-state index in [1.807, 2.05) is 11.4 Å². The number of thiophene rings is 1. The molecule has 1 heterocycles. The second kappa shape index (κ2) is 5.58. The number of nitro groups is 1. The molecule has 1 aromatic heterocycles. The van der Waals surface area contributed by atoms with Crippen LogP contribution in [0.1, 0.15) is 10.4 Å². The molecule has 0 saturated heterocycles. The largest absolute Gasteiger partial charge is 0.398 e. The zero-order chi connectivity index (χ0) is 14.0. The van der Waals surface area contributed by atoms with Crippen molar-refractivity contribution in [3.05, 3.63) is 48.6 Å². The van der Waals surface area contributed by atoms with E-state index in [9.17, 15) is 10.1 Å². The summed E-state index contributed by atoms with van der Waals surface area (Å²) in [5.41, 5.74) is 7.94. The summed E-state index contributed by atoms with van der Waals surface area (Å²) in [5, 5.41) is 16.0. The molecule has 7 heteroatoms. The minimum atomic E-state index is -0.382. The van der Waals surface area contributed by atoms with Gasteiger partial charge < -0.3 is 11.1 Å². The van der Waals surface area contributed by atoms with Crippen molar-refractivity contribution in [3.63, 3.8) is 0 Å². The second-order valence-electron chi connectivity index (χ2n) is 4.03. The first-order chi connectivity index (χ1) is 8.99. The highest BCUT2D eigenvalue weighted by atomic mass is 79.9. The van der Waals surface area contributed by atoms with Gasteiger partial charge in [0.25, 0.3) is 5.69 Å². The lowest BCUT2D eigenvalue weighted by Crippen LogP contribution is -2.02. The number of halogens is 1. The Morgan fingerprint density at radius 1 is 1.53 bits per heavy atom. The van der Waals surface area contributed by atoms with E-state index >= 15 is 0 Å². The molecule has 0 spiro atoms. The molecule has 100 valence electrons. The van der Waals surface area contributed by atoms with E-state index in [0.717, 1.165) is 15.0 Å². The number of hydrogen-bond acceptors (Lipinski definition) is 5. The van der Waals surface area contributed by atoms with Crippen molar-refractivity contribution in [1.29, 1.82) is 0 Å². The van der Waals surface area contributed by atoms with Gasteiger partial charge in [0.1, 0.15) is 0 Å². The molecule has 0 radical (unpaired) electrons. The molecule has 0 fully saturated rings. The lowest BCUT2D eigenvalue weighted by molar-refractivity contribution is -0.385. The monoisotopic (exact) mass is 341 g/mol. The Morgan fingerprint density at radius 2 is 2.26 bits per heavy atom. The van der Waals surface area contributed by atoms with Crippen LogP contribution in [-0.4, -0.2) is 4.92 Å². The van der Waals surface area contributed by atoms with Crippen LogP contribution in [0.4, 0.5) is 17.1 Å². The number of nitrogens with one attached hydrogen (secondary N) is 1. The summed E-state index contributed by atoms with van der Waals surface area (Å²) in [6.45, 7) is 2.26. The third kappa shape index (κ3) is 3.05. The van der Waals surface area contributed by atoms with Crippen molar-refractivity contribution < 1.29 is 4.92 Å². The molecule has 0 aliphatic rings. The molecule has 2 rings (SSSR count). The quantitative estimate of drug-likeness (QED) is 0.652. The number of nitrogens with zero attached hydrogens (tertiary/aromatic N) is 1. The van der Waals surface area contributed by atoms with Crippen LogP contribution in [0.5, 0.6) is 0 Å². The third-order valence-electron chi connectivity index (χ3n) is 2.70. The number of nitrogens with two attached hydrogens (primary N) is 1. The fourth-order valence-electron chi connectivity index (χ4n) is 1.66. The fraction of sp³-hybridized carbons (Fsp3) is 0.167. The van der Waals surface area contributed by atoms with Gasteiger partial charge in [-0.15, -0.1) is 11.3 Å². The van der Waals surface area contributed by atoms with Crippen LogP contribution in [-0.2, 0) is 6.54 Å². The summed E-state index contributed by atoms with van der Waals surface area (Å²) in [7, 11) is 0. The van der Waals surface area contributed by atoms with Crippen LogP contribution in [0.15, 0.2) is 28.1 Å².